The zero-order chi connectivity index (χ0) is 14.9. The number of nitrogen functional groups attached to an aromatic ring is 1. The molecule has 2 rings (SSSR count). The lowest BCUT2D eigenvalue weighted by Crippen LogP contribution is -2.28. The Morgan fingerprint density at radius 3 is 2.75 bits per heavy atom. The highest BCUT2D eigenvalue weighted by molar-refractivity contribution is 7.89. The smallest absolute Gasteiger partial charge is 0.241 e. The van der Waals surface area contributed by atoms with Crippen molar-refractivity contribution in [3.63, 3.8) is 0 Å². The van der Waals surface area contributed by atoms with Crippen molar-refractivity contribution >= 4 is 15.7 Å². The Hall–Kier alpha value is -2.07. The van der Waals surface area contributed by atoms with Gasteiger partial charge < -0.3 is 5.73 Å². The van der Waals surface area contributed by atoms with Crippen LogP contribution in [0.1, 0.15) is 24.4 Å². The van der Waals surface area contributed by atoms with Gasteiger partial charge in [0, 0.05) is 0 Å². The molecule has 1 heterocycles. The number of nitrogens with one attached hydrogen (secondary N) is 2. The Labute approximate surface area is 114 Å². The van der Waals surface area contributed by atoms with Crippen LogP contribution in [0.4, 0.5) is 10.1 Å². The summed E-state index contributed by atoms with van der Waals surface area (Å²) in [6.45, 7) is 3.04. The second kappa shape index (κ2) is 5.13. The van der Waals surface area contributed by atoms with Crippen LogP contribution in [-0.2, 0) is 10.0 Å². The van der Waals surface area contributed by atoms with Crippen LogP contribution in [-0.4, -0.2) is 29.0 Å². The van der Waals surface area contributed by atoms with E-state index in [9.17, 15) is 12.8 Å². The molecule has 0 bridgehead atoms. The molecule has 8 nitrogen and oxygen atoms in total. The van der Waals surface area contributed by atoms with Gasteiger partial charge in [0.2, 0.25) is 10.0 Å². The van der Waals surface area contributed by atoms with E-state index in [1.807, 2.05) is 0 Å². The summed E-state index contributed by atoms with van der Waals surface area (Å²) < 4.78 is 40.1. The zero-order valence-corrected chi connectivity index (χ0v) is 11.6. The summed E-state index contributed by atoms with van der Waals surface area (Å²) in [5.41, 5.74) is 5.43. The molecule has 2 aromatic rings. The quantitative estimate of drug-likeness (QED) is 0.695. The summed E-state index contributed by atoms with van der Waals surface area (Å²) in [7, 11) is -3.87. The van der Waals surface area contributed by atoms with Gasteiger partial charge in [0.25, 0.3) is 0 Å². The van der Waals surface area contributed by atoms with Gasteiger partial charge in [-0.3, -0.25) is 0 Å². The number of rotatable bonds is 4. The van der Waals surface area contributed by atoms with Crippen LogP contribution >= 0.6 is 0 Å². The Morgan fingerprint density at radius 2 is 2.15 bits per heavy atom. The van der Waals surface area contributed by atoms with Gasteiger partial charge in [0.15, 0.2) is 5.82 Å². The van der Waals surface area contributed by atoms with E-state index in [0.29, 0.717) is 0 Å². The fourth-order valence-electron chi connectivity index (χ4n) is 1.66. The molecule has 0 radical (unpaired) electrons. The maximum absolute atomic E-state index is 13.3. The van der Waals surface area contributed by atoms with Gasteiger partial charge in [-0.2, -0.15) is 5.21 Å². The van der Waals surface area contributed by atoms with E-state index in [4.69, 9.17) is 5.73 Å². The molecule has 4 N–H and O–H groups in total. The SMILES string of the molecule is Cc1cc(F)c(N)cc1S(=O)(=O)NC(C)c1nn[nH]n1. The van der Waals surface area contributed by atoms with Crippen LogP contribution in [0, 0.1) is 12.7 Å². The monoisotopic (exact) mass is 300 g/mol. The lowest BCUT2D eigenvalue weighted by molar-refractivity contribution is 0.559. The average Bonchev–Trinajstić information content (AvgIpc) is 2.86. The third-order valence-electron chi connectivity index (χ3n) is 2.66. The van der Waals surface area contributed by atoms with Gasteiger partial charge in [0.05, 0.1) is 16.6 Å². The van der Waals surface area contributed by atoms with Crippen LogP contribution in [0.3, 0.4) is 0 Å². The molecule has 0 aliphatic heterocycles. The summed E-state index contributed by atoms with van der Waals surface area (Å²) in [5.74, 6) is -0.464. The topological polar surface area (TPSA) is 127 Å². The van der Waals surface area contributed by atoms with Gasteiger partial charge in [-0.15, -0.1) is 10.2 Å². The lowest BCUT2D eigenvalue weighted by atomic mass is 10.2. The standard InChI is InChI=1S/C10H13FN6O2S/c1-5-3-7(11)8(12)4-9(5)20(18,19)15-6(2)10-13-16-17-14-10/h3-4,6,15H,12H2,1-2H3,(H,13,14,16,17). The van der Waals surface area contributed by atoms with Gasteiger partial charge >= 0.3 is 0 Å². The van der Waals surface area contributed by atoms with Crippen molar-refractivity contribution in [2.75, 3.05) is 5.73 Å². The molecule has 20 heavy (non-hydrogen) atoms. The van der Waals surface area contributed by atoms with Crippen LogP contribution < -0.4 is 10.5 Å². The van der Waals surface area contributed by atoms with Crippen LogP contribution in [0.5, 0.6) is 0 Å². The van der Waals surface area contributed by atoms with E-state index < -0.39 is 21.9 Å². The minimum Gasteiger partial charge on any atom is -0.396 e. The number of halogens is 1. The molecule has 108 valence electrons. The van der Waals surface area contributed by atoms with Gasteiger partial charge in [-0.05, 0) is 31.5 Å². The molecule has 1 unspecified atom stereocenters. The van der Waals surface area contributed by atoms with Gasteiger partial charge in [-0.25, -0.2) is 17.5 Å². The molecule has 1 aromatic carbocycles. The Kier molecular flexibility index (Phi) is 3.68. The fourth-order valence-corrected chi connectivity index (χ4v) is 3.12. The highest BCUT2D eigenvalue weighted by Gasteiger charge is 2.23. The number of anilines is 1. The second-order valence-electron chi connectivity index (χ2n) is 4.25. The Bertz CT molecular complexity index is 716. The number of hydrogen-bond acceptors (Lipinski definition) is 6. The number of H-pyrrole nitrogens is 1. The van der Waals surface area contributed by atoms with Crippen LogP contribution in [0.2, 0.25) is 0 Å². The van der Waals surface area contributed by atoms with Crippen molar-refractivity contribution < 1.29 is 12.8 Å². The van der Waals surface area contributed by atoms with Crippen molar-refractivity contribution in [2.45, 2.75) is 24.8 Å². The number of tetrazole rings is 1. The molecule has 0 saturated heterocycles. The Balaban J connectivity index is 2.34. The number of nitrogens with two attached hydrogens (primary N) is 1. The van der Waals surface area contributed by atoms with E-state index in [1.54, 1.807) is 6.92 Å². The summed E-state index contributed by atoms with van der Waals surface area (Å²) in [6, 6.07) is 1.46. The highest BCUT2D eigenvalue weighted by atomic mass is 32.2. The highest BCUT2D eigenvalue weighted by Crippen LogP contribution is 2.22. The third kappa shape index (κ3) is 2.75. The molecule has 0 saturated carbocycles. The minimum absolute atomic E-state index is 0.0910. The van der Waals surface area contributed by atoms with Crippen molar-refractivity contribution in [1.29, 1.82) is 0 Å². The van der Waals surface area contributed by atoms with E-state index in [2.05, 4.69) is 25.3 Å². The number of aromatic nitrogens is 4. The largest absolute Gasteiger partial charge is 0.396 e. The van der Waals surface area contributed by atoms with Crippen molar-refractivity contribution in [3.8, 4) is 0 Å². The molecule has 0 amide bonds. The first kappa shape index (κ1) is 14.3. The lowest BCUT2D eigenvalue weighted by Gasteiger charge is -2.13. The number of sulfonamides is 1. The summed E-state index contributed by atoms with van der Waals surface area (Å²) >= 11 is 0. The summed E-state index contributed by atoms with van der Waals surface area (Å²) in [6.07, 6.45) is 0. The van der Waals surface area contributed by atoms with E-state index >= 15 is 0 Å². The molecular weight excluding hydrogens is 287 g/mol. The summed E-state index contributed by atoms with van der Waals surface area (Å²) in [5, 5.41) is 13.0. The van der Waals surface area contributed by atoms with Crippen molar-refractivity contribution in [2.24, 2.45) is 0 Å². The molecule has 10 heteroatoms. The van der Waals surface area contributed by atoms with Gasteiger partial charge in [0.1, 0.15) is 5.82 Å². The first-order valence-electron chi connectivity index (χ1n) is 5.62. The maximum atomic E-state index is 13.3. The first-order valence-corrected chi connectivity index (χ1v) is 7.11. The minimum atomic E-state index is -3.87. The van der Waals surface area contributed by atoms with Gasteiger partial charge in [-0.1, -0.05) is 5.21 Å². The number of aromatic amines is 1. The molecule has 0 spiro atoms. The molecule has 0 aliphatic rings. The number of benzene rings is 1. The van der Waals surface area contributed by atoms with Crippen LogP contribution in [0.15, 0.2) is 17.0 Å². The first-order chi connectivity index (χ1) is 9.31. The predicted molar refractivity (Wildman–Crippen MR) is 68.5 cm³/mol. The van der Waals surface area contributed by atoms with Crippen LogP contribution in [0.25, 0.3) is 0 Å². The average molecular weight is 300 g/mol. The molecule has 0 aliphatic carbocycles. The molecule has 1 atom stereocenters. The van der Waals surface area contributed by atoms with E-state index in [-0.39, 0.29) is 22.0 Å². The second-order valence-corrected chi connectivity index (χ2v) is 5.93. The van der Waals surface area contributed by atoms with Crippen molar-refractivity contribution in [1.82, 2.24) is 25.3 Å². The van der Waals surface area contributed by atoms with E-state index in [1.165, 1.54) is 6.92 Å². The molecule has 0 fully saturated rings. The number of aryl methyl sites for hydroxylation is 1. The number of hydrogen-bond donors (Lipinski definition) is 3. The van der Waals surface area contributed by atoms with E-state index in [0.717, 1.165) is 12.1 Å². The maximum Gasteiger partial charge on any atom is 0.241 e. The van der Waals surface area contributed by atoms with Crippen molar-refractivity contribution in [3.05, 3.63) is 29.3 Å². The number of nitrogens with zero attached hydrogens (tertiary/aromatic N) is 3. The normalized spacial score (nSPS) is 13.3. The zero-order valence-electron chi connectivity index (χ0n) is 10.8. The molecular formula is C10H13FN6O2S. The fraction of sp³-hybridized carbons (Fsp3) is 0.300. The third-order valence-corrected chi connectivity index (χ3v) is 4.35. The Morgan fingerprint density at radius 1 is 1.45 bits per heavy atom. The predicted octanol–water partition coefficient (Wildman–Crippen LogP) is 0.269. The summed E-state index contributed by atoms with van der Waals surface area (Å²) in [4.78, 5) is -0.0910. The molecule has 1 aromatic heterocycles.